The van der Waals surface area contributed by atoms with E-state index in [2.05, 4.69) is 23.0 Å². The molecule has 1 aromatic heterocycles. The molecule has 0 aliphatic rings. The van der Waals surface area contributed by atoms with Gasteiger partial charge in [-0.1, -0.05) is 36.0 Å². The van der Waals surface area contributed by atoms with Crippen LogP contribution in [0, 0.1) is 6.92 Å². The summed E-state index contributed by atoms with van der Waals surface area (Å²) in [5.41, 5.74) is 4.06. The number of H-pyrrole nitrogens is 1. The second-order valence-corrected chi connectivity index (χ2v) is 7.01. The number of carbonyl (C=O) groups is 1. The lowest BCUT2D eigenvalue weighted by Crippen LogP contribution is -2.38. The standard InChI is InChI=1S/C19H21N3OS/c1-13(2)22(15-7-5-4-6-8-15)18(23)12-24-19-20-16-10-9-14(3)11-17(16)21-19/h4-11,13H,12H2,1-3H3,(H,20,21). The largest absolute Gasteiger partial charge is 0.333 e. The Balaban J connectivity index is 1.73. The topological polar surface area (TPSA) is 49.0 Å². The molecule has 24 heavy (non-hydrogen) atoms. The minimum atomic E-state index is 0.0813. The molecule has 0 saturated heterocycles. The average molecular weight is 339 g/mol. The number of hydrogen-bond donors (Lipinski definition) is 1. The second kappa shape index (κ2) is 7.09. The monoisotopic (exact) mass is 339 g/mol. The Bertz CT molecular complexity index is 842. The zero-order chi connectivity index (χ0) is 17.1. The third-order valence-electron chi connectivity index (χ3n) is 3.77. The van der Waals surface area contributed by atoms with Crippen LogP contribution in [0.5, 0.6) is 0 Å². The number of aryl methyl sites for hydroxylation is 1. The van der Waals surface area contributed by atoms with Crippen LogP contribution in [0.15, 0.2) is 53.7 Å². The predicted molar refractivity (Wildman–Crippen MR) is 101 cm³/mol. The first-order valence-corrected chi connectivity index (χ1v) is 8.99. The van der Waals surface area contributed by atoms with Gasteiger partial charge in [-0.3, -0.25) is 4.79 Å². The number of aromatic amines is 1. The number of para-hydroxylation sites is 1. The highest BCUT2D eigenvalue weighted by Crippen LogP contribution is 2.23. The predicted octanol–water partition coefficient (Wildman–Crippen LogP) is 4.41. The van der Waals surface area contributed by atoms with E-state index in [-0.39, 0.29) is 11.9 Å². The fourth-order valence-corrected chi connectivity index (χ4v) is 3.43. The van der Waals surface area contributed by atoms with Crippen molar-refractivity contribution >= 4 is 34.4 Å². The van der Waals surface area contributed by atoms with Crippen LogP contribution in [0.25, 0.3) is 11.0 Å². The maximum atomic E-state index is 12.7. The molecule has 124 valence electrons. The summed E-state index contributed by atoms with van der Waals surface area (Å²) in [6, 6.07) is 16.0. The number of anilines is 1. The summed E-state index contributed by atoms with van der Waals surface area (Å²) in [6.45, 7) is 6.11. The number of nitrogens with zero attached hydrogens (tertiary/aromatic N) is 2. The molecule has 0 fully saturated rings. The Morgan fingerprint density at radius 2 is 1.96 bits per heavy atom. The molecule has 0 saturated carbocycles. The van der Waals surface area contributed by atoms with Gasteiger partial charge in [-0.05, 0) is 50.6 Å². The first-order valence-electron chi connectivity index (χ1n) is 8.01. The number of aromatic nitrogens is 2. The van der Waals surface area contributed by atoms with Crippen molar-refractivity contribution in [1.29, 1.82) is 0 Å². The number of benzene rings is 2. The van der Waals surface area contributed by atoms with Crippen molar-refractivity contribution in [3.8, 4) is 0 Å². The van der Waals surface area contributed by atoms with Crippen molar-refractivity contribution in [3.05, 3.63) is 54.1 Å². The first kappa shape index (κ1) is 16.6. The highest BCUT2D eigenvalue weighted by atomic mass is 32.2. The lowest BCUT2D eigenvalue weighted by atomic mass is 10.2. The van der Waals surface area contributed by atoms with Crippen LogP contribution in [0.4, 0.5) is 5.69 Å². The molecule has 0 aliphatic heterocycles. The molecule has 1 N–H and O–H groups in total. The number of nitrogens with one attached hydrogen (secondary N) is 1. The highest BCUT2D eigenvalue weighted by Gasteiger charge is 2.19. The van der Waals surface area contributed by atoms with Crippen LogP contribution in [0.2, 0.25) is 0 Å². The first-order chi connectivity index (χ1) is 11.5. The van der Waals surface area contributed by atoms with Crippen LogP contribution in [-0.4, -0.2) is 27.7 Å². The van der Waals surface area contributed by atoms with E-state index in [1.807, 2.05) is 61.2 Å². The maximum absolute atomic E-state index is 12.7. The van der Waals surface area contributed by atoms with Gasteiger partial charge in [-0.15, -0.1) is 0 Å². The van der Waals surface area contributed by atoms with Gasteiger partial charge in [-0.25, -0.2) is 4.98 Å². The molecule has 1 heterocycles. The van der Waals surface area contributed by atoms with Gasteiger partial charge < -0.3 is 9.88 Å². The van der Waals surface area contributed by atoms with Gasteiger partial charge in [-0.2, -0.15) is 0 Å². The van der Waals surface area contributed by atoms with Gasteiger partial charge in [0.25, 0.3) is 0 Å². The zero-order valence-corrected chi connectivity index (χ0v) is 14.9. The smallest absolute Gasteiger partial charge is 0.237 e. The minimum absolute atomic E-state index is 0.0813. The van der Waals surface area contributed by atoms with Gasteiger partial charge in [0.05, 0.1) is 16.8 Å². The third-order valence-corrected chi connectivity index (χ3v) is 4.63. The summed E-state index contributed by atoms with van der Waals surface area (Å²) >= 11 is 1.44. The van der Waals surface area contributed by atoms with Crippen molar-refractivity contribution in [3.63, 3.8) is 0 Å². The Kier molecular flexibility index (Phi) is 4.90. The number of amides is 1. The Morgan fingerprint density at radius 1 is 1.21 bits per heavy atom. The van der Waals surface area contributed by atoms with Crippen molar-refractivity contribution in [1.82, 2.24) is 9.97 Å². The molecule has 5 heteroatoms. The average Bonchev–Trinajstić information content (AvgIpc) is 2.95. The minimum Gasteiger partial charge on any atom is -0.333 e. The maximum Gasteiger partial charge on any atom is 0.237 e. The molecule has 2 aromatic carbocycles. The number of carbonyl (C=O) groups excluding carboxylic acids is 1. The van der Waals surface area contributed by atoms with E-state index in [9.17, 15) is 4.79 Å². The molecule has 0 bridgehead atoms. The normalized spacial score (nSPS) is 11.2. The lowest BCUT2D eigenvalue weighted by molar-refractivity contribution is -0.116. The Morgan fingerprint density at radius 3 is 2.67 bits per heavy atom. The van der Waals surface area contributed by atoms with E-state index >= 15 is 0 Å². The zero-order valence-electron chi connectivity index (χ0n) is 14.1. The van der Waals surface area contributed by atoms with Crippen molar-refractivity contribution in [2.24, 2.45) is 0 Å². The molecule has 0 aliphatic carbocycles. The van der Waals surface area contributed by atoms with Crippen LogP contribution in [0.1, 0.15) is 19.4 Å². The van der Waals surface area contributed by atoms with E-state index in [1.165, 1.54) is 17.3 Å². The quantitative estimate of drug-likeness (QED) is 0.701. The summed E-state index contributed by atoms with van der Waals surface area (Å²) in [5, 5.41) is 0.778. The number of rotatable bonds is 5. The molecular weight excluding hydrogens is 318 g/mol. The second-order valence-electron chi connectivity index (χ2n) is 6.04. The van der Waals surface area contributed by atoms with E-state index < -0.39 is 0 Å². The van der Waals surface area contributed by atoms with Crippen LogP contribution < -0.4 is 4.90 Å². The number of imidazole rings is 1. The van der Waals surface area contributed by atoms with E-state index in [0.717, 1.165) is 21.9 Å². The molecule has 0 atom stereocenters. The molecule has 3 rings (SSSR count). The molecule has 0 radical (unpaired) electrons. The molecule has 4 nitrogen and oxygen atoms in total. The summed E-state index contributed by atoms with van der Waals surface area (Å²) < 4.78 is 0. The SMILES string of the molecule is Cc1ccc2nc(SCC(=O)N(c3ccccc3)C(C)C)[nH]c2c1. The third kappa shape index (κ3) is 3.62. The van der Waals surface area contributed by atoms with Gasteiger partial charge in [0, 0.05) is 11.7 Å². The van der Waals surface area contributed by atoms with Crippen LogP contribution in [0.3, 0.4) is 0 Å². The number of thioether (sulfide) groups is 1. The number of hydrogen-bond acceptors (Lipinski definition) is 3. The van der Waals surface area contributed by atoms with Crippen LogP contribution in [-0.2, 0) is 4.79 Å². The van der Waals surface area contributed by atoms with Gasteiger partial charge >= 0.3 is 0 Å². The highest BCUT2D eigenvalue weighted by molar-refractivity contribution is 7.99. The molecule has 0 spiro atoms. The van der Waals surface area contributed by atoms with E-state index in [4.69, 9.17) is 0 Å². The Hall–Kier alpha value is -2.27. The summed E-state index contributed by atoms with van der Waals surface area (Å²) in [4.78, 5) is 22.3. The fourth-order valence-electron chi connectivity index (χ4n) is 2.69. The molecule has 1 amide bonds. The molecule has 0 unspecified atom stereocenters. The van der Waals surface area contributed by atoms with E-state index in [0.29, 0.717) is 5.75 Å². The summed E-state index contributed by atoms with van der Waals surface area (Å²) in [7, 11) is 0. The summed E-state index contributed by atoms with van der Waals surface area (Å²) in [5.74, 6) is 0.434. The fraction of sp³-hybridized carbons (Fsp3) is 0.263. The van der Waals surface area contributed by atoms with Crippen molar-refractivity contribution < 1.29 is 4.79 Å². The molecular formula is C19H21N3OS. The number of fused-ring (bicyclic) bond motifs is 1. The van der Waals surface area contributed by atoms with E-state index in [1.54, 1.807) is 0 Å². The van der Waals surface area contributed by atoms with Gasteiger partial charge in [0.15, 0.2) is 5.16 Å². The molecule has 3 aromatic rings. The lowest BCUT2D eigenvalue weighted by Gasteiger charge is -2.26. The summed E-state index contributed by atoms with van der Waals surface area (Å²) in [6.07, 6.45) is 0. The van der Waals surface area contributed by atoms with Crippen molar-refractivity contribution in [2.45, 2.75) is 32.0 Å². The van der Waals surface area contributed by atoms with Crippen LogP contribution >= 0.6 is 11.8 Å². The Labute approximate surface area is 146 Å². The van der Waals surface area contributed by atoms with Crippen molar-refractivity contribution in [2.75, 3.05) is 10.7 Å². The van der Waals surface area contributed by atoms with Gasteiger partial charge in [0.2, 0.25) is 5.91 Å². The van der Waals surface area contributed by atoms with Gasteiger partial charge in [0.1, 0.15) is 0 Å².